The molecule has 0 saturated heterocycles. The van der Waals surface area contributed by atoms with Gasteiger partial charge in [-0.1, -0.05) is 32.9 Å². The molecule has 3 nitrogen and oxygen atoms in total. The van der Waals surface area contributed by atoms with E-state index in [9.17, 15) is 0 Å². The number of ether oxygens (including phenoxy) is 2. The summed E-state index contributed by atoms with van der Waals surface area (Å²) in [7, 11) is 1.73. The monoisotopic (exact) mass is 279 g/mol. The van der Waals surface area contributed by atoms with Crippen LogP contribution in [0.5, 0.6) is 5.75 Å². The Hall–Kier alpha value is -1.06. The van der Waals surface area contributed by atoms with Gasteiger partial charge in [-0.25, -0.2) is 0 Å². The number of methoxy groups -OCH3 is 1. The highest BCUT2D eigenvalue weighted by atomic mass is 16.5. The second-order valence-corrected chi connectivity index (χ2v) is 6.26. The highest BCUT2D eigenvalue weighted by Crippen LogP contribution is 2.25. The molecule has 1 aromatic rings. The fourth-order valence-corrected chi connectivity index (χ4v) is 1.96. The van der Waals surface area contributed by atoms with Crippen LogP contribution in [0.2, 0.25) is 0 Å². The maximum Gasteiger partial charge on any atom is 0.120 e. The number of hydrogen-bond acceptors (Lipinski definition) is 3. The van der Waals surface area contributed by atoms with Crippen LogP contribution < -0.4 is 10.1 Å². The zero-order valence-electron chi connectivity index (χ0n) is 13.5. The van der Waals surface area contributed by atoms with Crippen LogP contribution in [0.25, 0.3) is 0 Å². The largest absolute Gasteiger partial charge is 0.489 e. The van der Waals surface area contributed by atoms with Gasteiger partial charge < -0.3 is 14.8 Å². The molecule has 0 aliphatic carbocycles. The Morgan fingerprint density at radius 3 is 2.65 bits per heavy atom. The van der Waals surface area contributed by atoms with Crippen LogP contribution in [0.15, 0.2) is 24.3 Å². The Balaban J connectivity index is 2.40. The van der Waals surface area contributed by atoms with Crippen molar-refractivity contribution in [3.63, 3.8) is 0 Å². The molecule has 0 aliphatic rings. The number of nitrogens with one attached hydrogen (secondary N) is 1. The Morgan fingerprint density at radius 1 is 1.25 bits per heavy atom. The lowest BCUT2D eigenvalue weighted by Crippen LogP contribution is -2.30. The molecular weight excluding hydrogens is 250 g/mol. The van der Waals surface area contributed by atoms with E-state index in [1.807, 2.05) is 6.07 Å². The van der Waals surface area contributed by atoms with Crippen molar-refractivity contribution in [2.75, 3.05) is 26.8 Å². The summed E-state index contributed by atoms with van der Waals surface area (Å²) in [6.45, 7) is 11.3. The fraction of sp³-hybridized carbons (Fsp3) is 0.647. The van der Waals surface area contributed by atoms with Crippen molar-refractivity contribution in [2.24, 2.45) is 0 Å². The maximum absolute atomic E-state index is 5.96. The van der Waals surface area contributed by atoms with Crippen LogP contribution in [-0.4, -0.2) is 32.9 Å². The quantitative estimate of drug-likeness (QED) is 0.740. The van der Waals surface area contributed by atoms with Crippen molar-refractivity contribution in [1.82, 2.24) is 5.32 Å². The first-order valence-electron chi connectivity index (χ1n) is 7.40. The van der Waals surface area contributed by atoms with Crippen molar-refractivity contribution in [2.45, 2.75) is 45.6 Å². The number of benzene rings is 1. The summed E-state index contributed by atoms with van der Waals surface area (Å²) >= 11 is 0. The van der Waals surface area contributed by atoms with Gasteiger partial charge in [0.05, 0.1) is 0 Å². The highest BCUT2D eigenvalue weighted by Gasteiger charge is 2.14. The second kappa shape index (κ2) is 8.28. The van der Waals surface area contributed by atoms with Gasteiger partial charge in [0, 0.05) is 20.3 Å². The summed E-state index contributed by atoms with van der Waals surface area (Å²) in [5.74, 6) is 0.948. The van der Waals surface area contributed by atoms with Crippen LogP contribution >= 0.6 is 0 Å². The summed E-state index contributed by atoms with van der Waals surface area (Å²) < 4.78 is 11.0. The average Bonchev–Trinajstić information content (AvgIpc) is 2.38. The molecule has 1 rings (SSSR count). The molecule has 0 saturated carbocycles. The Bertz CT molecular complexity index is 385. The molecule has 1 unspecified atom stereocenters. The van der Waals surface area contributed by atoms with Crippen molar-refractivity contribution in [3.8, 4) is 5.75 Å². The molecule has 0 aliphatic heterocycles. The summed E-state index contributed by atoms with van der Waals surface area (Å²) in [6, 6.07) is 8.38. The van der Waals surface area contributed by atoms with Gasteiger partial charge in [-0.15, -0.1) is 0 Å². The predicted molar refractivity (Wildman–Crippen MR) is 84.6 cm³/mol. The summed E-state index contributed by atoms with van der Waals surface area (Å²) in [5, 5.41) is 3.38. The fourth-order valence-electron chi connectivity index (χ4n) is 1.96. The second-order valence-electron chi connectivity index (χ2n) is 6.26. The first kappa shape index (κ1) is 17.0. The predicted octanol–water partition coefficient (Wildman–Crippen LogP) is 3.38. The normalized spacial score (nSPS) is 13.2. The van der Waals surface area contributed by atoms with Gasteiger partial charge in [-0.3, -0.25) is 0 Å². The van der Waals surface area contributed by atoms with Gasteiger partial charge in [0.1, 0.15) is 11.9 Å². The van der Waals surface area contributed by atoms with E-state index < -0.39 is 0 Å². The van der Waals surface area contributed by atoms with Gasteiger partial charge in [0.2, 0.25) is 0 Å². The van der Waals surface area contributed by atoms with Crippen molar-refractivity contribution < 1.29 is 9.47 Å². The Labute approximate surface area is 123 Å². The summed E-state index contributed by atoms with van der Waals surface area (Å²) in [5.41, 5.74) is 1.45. The van der Waals surface area contributed by atoms with E-state index in [0.29, 0.717) is 0 Å². The van der Waals surface area contributed by atoms with Crippen LogP contribution in [0.4, 0.5) is 0 Å². The van der Waals surface area contributed by atoms with E-state index in [4.69, 9.17) is 9.47 Å². The first-order valence-corrected chi connectivity index (χ1v) is 7.40. The van der Waals surface area contributed by atoms with Crippen LogP contribution in [0.3, 0.4) is 0 Å². The van der Waals surface area contributed by atoms with E-state index in [2.05, 4.69) is 51.2 Å². The minimum absolute atomic E-state index is 0.154. The molecule has 1 N–H and O–H groups in total. The molecule has 1 atom stereocenters. The van der Waals surface area contributed by atoms with Crippen molar-refractivity contribution in [1.29, 1.82) is 0 Å². The minimum Gasteiger partial charge on any atom is -0.489 e. The smallest absolute Gasteiger partial charge is 0.120 e. The molecule has 0 fully saturated rings. The molecule has 114 valence electrons. The molecule has 20 heavy (non-hydrogen) atoms. The Kier molecular flexibility index (Phi) is 7.03. The van der Waals surface area contributed by atoms with Crippen molar-refractivity contribution in [3.05, 3.63) is 29.8 Å². The minimum atomic E-state index is 0.154. The summed E-state index contributed by atoms with van der Waals surface area (Å²) in [6.07, 6.45) is 1.19. The van der Waals surface area contributed by atoms with E-state index in [1.54, 1.807) is 7.11 Å². The van der Waals surface area contributed by atoms with E-state index in [1.165, 1.54) is 5.56 Å². The Morgan fingerprint density at radius 2 is 2.00 bits per heavy atom. The standard InChI is InChI=1S/C17H29NO2/c1-14(13-18-10-7-11-19-5)20-16-9-6-8-15(12-16)17(2,3)4/h6,8-9,12,14,18H,7,10-11,13H2,1-5H3. The third kappa shape index (κ3) is 6.40. The SMILES string of the molecule is COCCCNCC(C)Oc1cccc(C(C)(C)C)c1. The van der Waals surface area contributed by atoms with Gasteiger partial charge in [-0.05, 0) is 43.0 Å². The molecule has 0 bridgehead atoms. The lowest BCUT2D eigenvalue weighted by Gasteiger charge is -2.21. The van der Waals surface area contributed by atoms with Crippen molar-refractivity contribution >= 4 is 0 Å². The number of hydrogen-bond donors (Lipinski definition) is 1. The molecule has 1 aromatic carbocycles. The number of rotatable bonds is 8. The lowest BCUT2D eigenvalue weighted by atomic mass is 9.87. The van der Waals surface area contributed by atoms with Crippen LogP contribution in [0.1, 0.15) is 39.7 Å². The average molecular weight is 279 g/mol. The zero-order valence-corrected chi connectivity index (χ0v) is 13.5. The topological polar surface area (TPSA) is 30.5 Å². The molecule has 0 amide bonds. The third-order valence-corrected chi connectivity index (χ3v) is 3.17. The van der Waals surface area contributed by atoms with Gasteiger partial charge in [-0.2, -0.15) is 0 Å². The molecule has 3 heteroatoms. The van der Waals surface area contributed by atoms with Gasteiger partial charge >= 0.3 is 0 Å². The molecule has 0 aromatic heterocycles. The molecule has 0 spiro atoms. The van der Waals surface area contributed by atoms with Crippen LogP contribution in [-0.2, 0) is 10.2 Å². The lowest BCUT2D eigenvalue weighted by molar-refractivity contribution is 0.188. The molecule has 0 heterocycles. The maximum atomic E-state index is 5.96. The highest BCUT2D eigenvalue weighted by molar-refractivity contribution is 5.32. The van der Waals surface area contributed by atoms with E-state index in [0.717, 1.165) is 31.9 Å². The first-order chi connectivity index (χ1) is 9.43. The third-order valence-electron chi connectivity index (χ3n) is 3.17. The zero-order chi connectivity index (χ0) is 15.0. The molecule has 0 radical (unpaired) electrons. The van der Waals surface area contributed by atoms with Crippen LogP contribution in [0, 0.1) is 0 Å². The summed E-state index contributed by atoms with van der Waals surface area (Å²) in [4.78, 5) is 0. The van der Waals surface area contributed by atoms with E-state index in [-0.39, 0.29) is 11.5 Å². The molecular formula is C17H29NO2. The van der Waals surface area contributed by atoms with Gasteiger partial charge in [0.25, 0.3) is 0 Å². The van der Waals surface area contributed by atoms with Gasteiger partial charge in [0.15, 0.2) is 0 Å². The van der Waals surface area contributed by atoms with E-state index >= 15 is 0 Å².